The van der Waals surface area contributed by atoms with E-state index in [1.54, 1.807) is 59.5 Å². The van der Waals surface area contributed by atoms with Crippen molar-refractivity contribution in [3.63, 3.8) is 0 Å². The highest BCUT2D eigenvalue weighted by atomic mass is 35.5. The molecule has 2 N–H and O–H groups in total. The fraction of sp³-hybridized carbons (Fsp3) is 0.214. The molecule has 0 radical (unpaired) electrons. The summed E-state index contributed by atoms with van der Waals surface area (Å²) in [5.74, 6) is 1.51. The summed E-state index contributed by atoms with van der Waals surface area (Å²) >= 11 is 19.0. The van der Waals surface area contributed by atoms with Gasteiger partial charge in [0.25, 0.3) is 11.8 Å². The van der Waals surface area contributed by atoms with Crippen LogP contribution in [0.15, 0.2) is 59.5 Å². The molecular formula is C28H25Cl3N2O5S. The quantitative estimate of drug-likeness (QED) is 0.369. The highest BCUT2D eigenvalue weighted by Gasteiger charge is 2.29. The Morgan fingerprint density at radius 3 is 2.44 bits per heavy atom. The first-order valence-electron chi connectivity index (χ1n) is 11.8. The lowest BCUT2D eigenvalue weighted by Gasteiger charge is -2.30. The molecule has 39 heavy (non-hydrogen) atoms. The van der Waals surface area contributed by atoms with Gasteiger partial charge >= 0.3 is 5.97 Å². The first-order valence-corrected chi connectivity index (χ1v) is 15.1. The predicted molar refractivity (Wildman–Crippen MR) is 155 cm³/mol. The molecule has 3 aromatic rings. The number of hydrogen-bond donors (Lipinski definition) is 2. The minimum Gasteiger partial charge on any atom is -0.480 e. The molecule has 0 bridgehead atoms. The van der Waals surface area contributed by atoms with Crippen molar-refractivity contribution in [3.8, 4) is 0 Å². The second-order valence-corrected chi connectivity index (χ2v) is 13.1. The Hall–Kier alpha value is -3.04. The smallest absolute Gasteiger partial charge is 0.326 e. The normalized spacial score (nSPS) is 15.1. The van der Waals surface area contributed by atoms with Crippen molar-refractivity contribution in [3.05, 3.63) is 97.5 Å². The zero-order valence-corrected chi connectivity index (χ0v) is 24.0. The molecule has 1 heterocycles. The van der Waals surface area contributed by atoms with E-state index in [1.165, 1.54) is 6.26 Å². The molecule has 204 valence electrons. The van der Waals surface area contributed by atoms with Crippen LogP contribution in [0, 0.1) is 0 Å². The Morgan fingerprint density at radius 1 is 1.10 bits per heavy atom. The zero-order valence-electron chi connectivity index (χ0n) is 20.9. The Labute approximate surface area is 241 Å². The molecule has 7 nitrogen and oxygen atoms in total. The molecule has 0 fully saturated rings. The number of hydrogen-bond acceptors (Lipinski definition) is 4. The van der Waals surface area contributed by atoms with E-state index in [0.717, 1.165) is 0 Å². The van der Waals surface area contributed by atoms with Crippen LogP contribution in [0.25, 0.3) is 0 Å². The van der Waals surface area contributed by atoms with E-state index < -0.39 is 27.4 Å². The number of rotatable bonds is 7. The Morgan fingerprint density at radius 2 is 1.79 bits per heavy atom. The van der Waals surface area contributed by atoms with Gasteiger partial charge in [0.15, 0.2) is 0 Å². The number of carbonyl (C=O) groups is 3. The summed E-state index contributed by atoms with van der Waals surface area (Å²) < 4.78 is 12.3. The van der Waals surface area contributed by atoms with Crippen molar-refractivity contribution < 1.29 is 23.7 Å². The number of carboxylic acids is 1. The number of carboxylic acid groups (broad SMARTS) is 1. The van der Waals surface area contributed by atoms with Gasteiger partial charge in [-0.25, -0.2) is 4.79 Å². The number of halogens is 3. The lowest BCUT2D eigenvalue weighted by atomic mass is 9.95. The van der Waals surface area contributed by atoms with Crippen LogP contribution in [-0.2, 0) is 33.7 Å². The molecule has 1 unspecified atom stereocenters. The number of carbonyl (C=O) groups excluding carboxylic acids is 2. The molecule has 0 saturated heterocycles. The number of nitrogens with zero attached hydrogens (tertiary/aromatic N) is 1. The Kier molecular flexibility index (Phi) is 8.61. The van der Waals surface area contributed by atoms with Crippen LogP contribution in [0.1, 0.15) is 37.4 Å². The summed E-state index contributed by atoms with van der Waals surface area (Å²) in [5, 5.41) is 13.0. The molecular weight excluding hydrogens is 583 g/mol. The number of aliphatic carboxylic acids is 1. The Bertz CT molecular complexity index is 1570. The molecule has 11 heteroatoms. The van der Waals surface area contributed by atoms with E-state index in [2.05, 4.69) is 11.2 Å². The van der Waals surface area contributed by atoms with Crippen molar-refractivity contribution in [1.82, 2.24) is 10.2 Å². The third-order valence-corrected chi connectivity index (χ3v) is 8.67. The Balaban J connectivity index is 1.54. The van der Waals surface area contributed by atoms with Crippen molar-refractivity contribution in [1.29, 1.82) is 0 Å². The van der Waals surface area contributed by atoms with Crippen molar-refractivity contribution in [2.75, 3.05) is 12.8 Å². The van der Waals surface area contributed by atoms with Gasteiger partial charge in [-0.05, 0) is 81.0 Å². The lowest BCUT2D eigenvalue weighted by Crippen LogP contribution is -2.42. The highest BCUT2D eigenvalue weighted by Crippen LogP contribution is 2.35. The van der Waals surface area contributed by atoms with Gasteiger partial charge in [-0.3, -0.25) is 13.8 Å². The molecule has 1 aliphatic heterocycles. The second kappa shape index (κ2) is 11.6. The minimum atomic E-state index is -2.49. The number of nitrogens with one attached hydrogen (secondary N) is 1. The van der Waals surface area contributed by atoms with Crippen molar-refractivity contribution >= 4 is 68.0 Å². The standard InChI is InChI=1S/C28H25Cl3N2O5S/c1-39(2,38)20-5-3-4-16(12-20)13-23(28(36)37)32-26(34)24-22(30)14-18-15-33(11-10-21(18)25(24)31)27(35)17-6-8-19(29)9-7-17/h3-9,12,14,23H,1,10-11,13,15H2,2H3,(H,32,34)(H,36,37)/t23-,39?/m0/s1. The molecule has 0 aliphatic carbocycles. The van der Waals surface area contributed by atoms with E-state index in [0.29, 0.717) is 45.1 Å². The van der Waals surface area contributed by atoms with E-state index in [9.17, 15) is 23.7 Å². The van der Waals surface area contributed by atoms with Crippen molar-refractivity contribution in [2.45, 2.75) is 30.3 Å². The summed E-state index contributed by atoms with van der Waals surface area (Å²) in [4.78, 5) is 40.3. The van der Waals surface area contributed by atoms with Gasteiger partial charge in [0.2, 0.25) is 0 Å². The SMILES string of the molecule is C=S(C)(=O)c1cccc(C[C@H](NC(=O)c2c(Cl)cc3c(c2Cl)CCN(C(=O)c2ccc(Cl)cc2)C3)C(=O)O)c1. The maximum atomic E-state index is 13.2. The molecule has 0 aromatic heterocycles. The van der Waals surface area contributed by atoms with Gasteiger partial charge < -0.3 is 15.3 Å². The topological polar surface area (TPSA) is 104 Å². The maximum absolute atomic E-state index is 13.2. The zero-order chi connectivity index (χ0) is 28.5. The third-order valence-electron chi connectivity index (χ3n) is 6.45. The summed E-state index contributed by atoms with van der Waals surface area (Å²) in [5.41, 5.74) is 2.44. The van der Waals surface area contributed by atoms with Crippen LogP contribution in [0.2, 0.25) is 15.1 Å². The van der Waals surface area contributed by atoms with E-state index >= 15 is 0 Å². The van der Waals surface area contributed by atoms with Gasteiger partial charge in [0.05, 0.1) is 15.6 Å². The van der Waals surface area contributed by atoms with Crippen LogP contribution in [0.3, 0.4) is 0 Å². The van der Waals surface area contributed by atoms with Gasteiger partial charge in [-0.2, -0.15) is 0 Å². The van der Waals surface area contributed by atoms with Crippen LogP contribution in [-0.4, -0.2) is 56.7 Å². The first kappa shape index (κ1) is 29.0. The largest absolute Gasteiger partial charge is 0.480 e. The summed E-state index contributed by atoms with van der Waals surface area (Å²) in [6.45, 7) is 0.622. The van der Waals surface area contributed by atoms with E-state index in [-0.39, 0.29) is 34.5 Å². The summed E-state index contributed by atoms with van der Waals surface area (Å²) in [6.07, 6.45) is 1.84. The molecule has 4 rings (SSSR count). The predicted octanol–water partition coefficient (Wildman–Crippen LogP) is 4.98. The highest BCUT2D eigenvalue weighted by molar-refractivity contribution is 7.99. The van der Waals surface area contributed by atoms with Crippen molar-refractivity contribution in [2.24, 2.45) is 0 Å². The average Bonchev–Trinajstić information content (AvgIpc) is 2.87. The van der Waals surface area contributed by atoms with E-state index in [4.69, 9.17) is 34.8 Å². The van der Waals surface area contributed by atoms with Gasteiger partial charge in [-0.15, -0.1) is 0 Å². The second-order valence-electron chi connectivity index (χ2n) is 9.39. The average molecular weight is 608 g/mol. The van der Waals surface area contributed by atoms with Gasteiger partial charge in [0, 0.05) is 41.2 Å². The van der Waals surface area contributed by atoms with Gasteiger partial charge in [0.1, 0.15) is 6.04 Å². The van der Waals surface area contributed by atoms with Crippen LogP contribution < -0.4 is 5.32 Å². The third kappa shape index (κ3) is 6.58. The molecule has 3 aromatic carbocycles. The summed E-state index contributed by atoms with van der Waals surface area (Å²) in [7, 11) is -2.49. The number of benzene rings is 3. The summed E-state index contributed by atoms with van der Waals surface area (Å²) in [6, 6.07) is 13.5. The number of fused-ring (bicyclic) bond motifs is 1. The fourth-order valence-electron chi connectivity index (χ4n) is 4.42. The maximum Gasteiger partial charge on any atom is 0.326 e. The van der Waals surface area contributed by atoms with Crippen LogP contribution >= 0.6 is 34.8 Å². The molecule has 0 spiro atoms. The molecule has 1 aliphatic rings. The molecule has 0 saturated carbocycles. The lowest BCUT2D eigenvalue weighted by molar-refractivity contribution is -0.139. The van der Waals surface area contributed by atoms with Gasteiger partial charge in [-0.1, -0.05) is 46.9 Å². The molecule has 2 amide bonds. The minimum absolute atomic E-state index is 0.0242. The number of amides is 2. The first-order chi connectivity index (χ1) is 18.3. The van der Waals surface area contributed by atoms with Crippen LogP contribution in [0.5, 0.6) is 0 Å². The monoisotopic (exact) mass is 606 g/mol. The van der Waals surface area contributed by atoms with E-state index in [1.807, 2.05) is 0 Å². The van der Waals surface area contributed by atoms with Crippen LogP contribution in [0.4, 0.5) is 0 Å². The molecule has 2 atom stereocenters. The fourth-order valence-corrected chi connectivity index (χ4v) is 6.07.